The van der Waals surface area contributed by atoms with Gasteiger partial charge in [0.25, 0.3) is 0 Å². The van der Waals surface area contributed by atoms with Gasteiger partial charge in [0.2, 0.25) is 0 Å². The minimum atomic E-state index is 0.852. The summed E-state index contributed by atoms with van der Waals surface area (Å²) in [4.78, 5) is 0. The molecule has 2 atom stereocenters. The molecule has 1 nitrogen and oxygen atoms in total. The Labute approximate surface area is 109 Å². The molecule has 1 saturated carbocycles. The smallest absolute Gasteiger partial charge is 0.00953 e. The summed E-state index contributed by atoms with van der Waals surface area (Å²) in [6.07, 6.45) is 15.8. The van der Waals surface area contributed by atoms with Crippen LogP contribution in [0.25, 0.3) is 0 Å². The molecule has 1 aliphatic rings. The van der Waals surface area contributed by atoms with Gasteiger partial charge < -0.3 is 5.32 Å². The molecule has 0 saturated heterocycles. The predicted octanol–water partition coefficient (Wildman–Crippen LogP) is 4.91. The molecule has 1 fully saturated rings. The summed E-state index contributed by atoms with van der Waals surface area (Å²) in [5.41, 5.74) is 0. The van der Waals surface area contributed by atoms with Gasteiger partial charge in [-0.2, -0.15) is 0 Å². The van der Waals surface area contributed by atoms with Crippen LogP contribution in [0.1, 0.15) is 84.5 Å². The van der Waals surface area contributed by atoms with E-state index in [1.54, 1.807) is 0 Å². The summed E-state index contributed by atoms with van der Waals surface area (Å²) >= 11 is 0. The fourth-order valence-corrected chi connectivity index (χ4v) is 3.17. The summed E-state index contributed by atoms with van der Waals surface area (Å²) in [5, 5.41) is 3.74. The first kappa shape index (κ1) is 15.0. The van der Waals surface area contributed by atoms with Gasteiger partial charge >= 0.3 is 0 Å². The Balaban J connectivity index is 2.00. The normalized spacial score (nSPS) is 24.4. The molecule has 1 rings (SSSR count). The van der Waals surface area contributed by atoms with E-state index in [4.69, 9.17) is 0 Å². The lowest BCUT2D eigenvalue weighted by molar-refractivity contribution is 0.365. The van der Waals surface area contributed by atoms with E-state index in [1.807, 2.05) is 0 Å². The van der Waals surface area contributed by atoms with Gasteiger partial charge in [-0.05, 0) is 38.1 Å². The van der Waals surface area contributed by atoms with Crippen LogP contribution < -0.4 is 5.32 Å². The highest BCUT2D eigenvalue weighted by atomic mass is 14.9. The summed E-state index contributed by atoms with van der Waals surface area (Å²) in [6.45, 7) is 5.78. The SMILES string of the molecule is CCCCCCCCC1CCCC1NCCC. The van der Waals surface area contributed by atoms with Crippen molar-refractivity contribution in [2.75, 3.05) is 6.54 Å². The van der Waals surface area contributed by atoms with Gasteiger partial charge in [-0.1, -0.05) is 58.8 Å². The molecule has 0 amide bonds. The molecule has 102 valence electrons. The van der Waals surface area contributed by atoms with E-state index in [-0.39, 0.29) is 0 Å². The lowest BCUT2D eigenvalue weighted by Crippen LogP contribution is -2.32. The Morgan fingerprint density at radius 3 is 2.41 bits per heavy atom. The Morgan fingerprint density at radius 1 is 0.882 bits per heavy atom. The van der Waals surface area contributed by atoms with Crippen LogP contribution in [0.15, 0.2) is 0 Å². The number of nitrogens with one attached hydrogen (secondary N) is 1. The fraction of sp³-hybridized carbons (Fsp3) is 1.00. The van der Waals surface area contributed by atoms with Gasteiger partial charge in [0.1, 0.15) is 0 Å². The third-order valence-electron chi connectivity index (χ3n) is 4.24. The van der Waals surface area contributed by atoms with E-state index < -0.39 is 0 Å². The van der Waals surface area contributed by atoms with E-state index >= 15 is 0 Å². The summed E-state index contributed by atoms with van der Waals surface area (Å²) in [7, 11) is 0. The average Bonchev–Trinajstić information content (AvgIpc) is 2.78. The lowest BCUT2D eigenvalue weighted by Gasteiger charge is -2.20. The molecule has 2 unspecified atom stereocenters. The molecular formula is C16H33N. The topological polar surface area (TPSA) is 12.0 Å². The van der Waals surface area contributed by atoms with Crippen LogP contribution in [0.2, 0.25) is 0 Å². The third-order valence-corrected chi connectivity index (χ3v) is 4.24. The average molecular weight is 239 g/mol. The Morgan fingerprint density at radius 2 is 1.65 bits per heavy atom. The maximum absolute atomic E-state index is 3.74. The van der Waals surface area contributed by atoms with Gasteiger partial charge in [0, 0.05) is 6.04 Å². The highest BCUT2D eigenvalue weighted by molar-refractivity contribution is 4.82. The first-order chi connectivity index (χ1) is 8.38. The number of hydrogen-bond donors (Lipinski definition) is 1. The molecule has 0 radical (unpaired) electrons. The van der Waals surface area contributed by atoms with Crippen LogP contribution in [-0.4, -0.2) is 12.6 Å². The van der Waals surface area contributed by atoms with Gasteiger partial charge in [-0.25, -0.2) is 0 Å². The Hall–Kier alpha value is -0.0400. The number of unbranched alkanes of at least 4 members (excludes halogenated alkanes) is 5. The zero-order chi connectivity index (χ0) is 12.3. The Kier molecular flexibility index (Phi) is 8.78. The maximum atomic E-state index is 3.74. The second-order valence-corrected chi connectivity index (χ2v) is 5.81. The van der Waals surface area contributed by atoms with E-state index in [2.05, 4.69) is 19.2 Å². The number of hydrogen-bond acceptors (Lipinski definition) is 1. The minimum Gasteiger partial charge on any atom is -0.314 e. The van der Waals surface area contributed by atoms with E-state index in [0.717, 1.165) is 12.0 Å². The third kappa shape index (κ3) is 6.45. The number of rotatable bonds is 10. The van der Waals surface area contributed by atoms with Gasteiger partial charge in [-0.15, -0.1) is 0 Å². The zero-order valence-electron chi connectivity index (χ0n) is 12.1. The summed E-state index contributed by atoms with van der Waals surface area (Å²) in [5.74, 6) is 0.993. The Bertz CT molecular complexity index is 167. The molecule has 0 aromatic rings. The molecule has 0 spiro atoms. The largest absolute Gasteiger partial charge is 0.314 e. The van der Waals surface area contributed by atoms with Crippen molar-refractivity contribution in [3.05, 3.63) is 0 Å². The van der Waals surface area contributed by atoms with Gasteiger partial charge in [0.15, 0.2) is 0 Å². The van der Waals surface area contributed by atoms with Crippen molar-refractivity contribution in [1.82, 2.24) is 5.32 Å². The van der Waals surface area contributed by atoms with E-state index in [9.17, 15) is 0 Å². The fourth-order valence-electron chi connectivity index (χ4n) is 3.17. The molecule has 0 aromatic heterocycles. The molecular weight excluding hydrogens is 206 g/mol. The molecule has 1 N–H and O–H groups in total. The first-order valence-corrected chi connectivity index (χ1v) is 8.11. The highest BCUT2D eigenvalue weighted by Gasteiger charge is 2.25. The minimum absolute atomic E-state index is 0.852. The predicted molar refractivity (Wildman–Crippen MR) is 77.4 cm³/mol. The van der Waals surface area contributed by atoms with Crippen molar-refractivity contribution in [1.29, 1.82) is 0 Å². The van der Waals surface area contributed by atoms with Gasteiger partial charge in [0.05, 0.1) is 0 Å². The standard InChI is InChI=1S/C16H33N/c1-3-5-6-7-8-9-11-15-12-10-13-16(15)17-14-4-2/h15-17H,3-14H2,1-2H3. The van der Waals surface area contributed by atoms with Crippen LogP contribution in [0.4, 0.5) is 0 Å². The van der Waals surface area contributed by atoms with Crippen LogP contribution in [0.3, 0.4) is 0 Å². The second-order valence-electron chi connectivity index (χ2n) is 5.81. The monoisotopic (exact) mass is 239 g/mol. The molecule has 17 heavy (non-hydrogen) atoms. The molecule has 0 heterocycles. The van der Waals surface area contributed by atoms with Crippen molar-refractivity contribution in [3.8, 4) is 0 Å². The summed E-state index contributed by atoms with van der Waals surface area (Å²) < 4.78 is 0. The van der Waals surface area contributed by atoms with Crippen molar-refractivity contribution < 1.29 is 0 Å². The summed E-state index contributed by atoms with van der Waals surface area (Å²) in [6, 6.07) is 0.852. The molecule has 0 aromatic carbocycles. The van der Waals surface area contributed by atoms with Crippen LogP contribution in [0, 0.1) is 5.92 Å². The van der Waals surface area contributed by atoms with E-state index in [1.165, 1.54) is 77.2 Å². The lowest BCUT2D eigenvalue weighted by atomic mass is 9.95. The quantitative estimate of drug-likeness (QED) is 0.534. The van der Waals surface area contributed by atoms with Crippen LogP contribution in [-0.2, 0) is 0 Å². The zero-order valence-corrected chi connectivity index (χ0v) is 12.1. The van der Waals surface area contributed by atoms with Crippen LogP contribution >= 0.6 is 0 Å². The van der Waals surface area contributed by atoms with Gasteiger partial charge in [-0.3, -0.25) is 0 Å². The van der Waals surface area contributed by atoms with Crippen molar-refractivity contribution in [3.63, 3.8) is 0 Å². The molecule has 1 heteroatoms. The highest BCUT2D eigenvalue weighted by Crippen LogP contribution is 2.30. The molecule has 0 bridgehead atoms. The van der Waals surface area contributed by atoms with Crippen molar-refractivity contribution in [2.24, 2.45) is 5.92 Å². The van der Waals surface area contributed by atoms with Crippen molar-refractivity contribution in [2.45, 2.75) is 90.5 Å². The second kappa shape index (κ2) is 9.94. The first-order valence-electron chi connectivity index (χ1n) is 8.11. The van der Waals surface area contributed by atoms with Crippen LogP contribution in [0.5, 0.6) is 0 Å². The van der Waals surface area contributed by atoms with Crippen molar-refractivity contribution >= 4 is 0 Å². The molecule has 0 aliphatic heterocycles. The molecule has 1 aliphatic carbocycles. The maximum Gasteiger partial charge on any atom is 0.00953 e. The van der Waals surface area contributed by atoms with E-state index in [0.29, 0.717) is 0 Å².